The lowest BCUT2D eigenvalue weighted by atomic mass is 10.1. The first-order valence-electron chi connectivity index (χ1n) is 5.84. The van der Waals surface area contributed by atoms with Crippen molar-refractivity contribution in [1.29, 1.82) is 0 Å². The molecule has 0 aromatic heterocycles. The summed E-state index contributed by atoms with van der Waals surface area (Å²) in [6.07, 6.45) is 0. The maximum Gasteiger partial charge on any atom is 0.335 e. The molecule has 98 valence electrons. The van der Waals surface area contributed by atoms with E-state index in [4.69, 9.17) is 16.7 Å². The van der Waals surface area contributed by atoms with Crippen LogP contribution in [-0.4, -0.2) is 11.1 Å². The number of benzene rings is 2. The molecule has 0 aliphatic carbocycles. The fraction of sp³-hybridized carbons (Fsp3) is 0.133. The molecule has 19 heavy (non-hydrogen) atoms. The zero-order valence-corrected chi connectivity index (χ0v) is 11.5. The summed E-state index contributed by atoms with van der Waals surface area (Å²) in [5.41, 5.74) is 3.87. The molecule has 4 heteroatoms. The monoisotopic (exact) mass is 275 g/mol. The van der Waals surface area contributed by atoms with Crippen LogP contribution < -0.4 is 5.32 Å². The molecule has 0 saturated carbocycles. The van der Waals surface area contributed by atoms with Crippen LogP contribution in [-0.2, 0) is 0 Å². The Morgan fingerprint density at radius 1 is 1.11 bits per heavy atom. The first kappa shape index (κ1) is 13.4. The van der Waals surface area contributed by atoms with E-state index in [0.717, 1.165) is 22.5 Å². The number of hydrogen-bond acceptors (Lipinski definition) is 2. The molecule has 0 heterocycles. The van der Waals surface area contributed by atoms with Gasteiger partial charge in [-0.15, -0.1) is 0 Å². The van der Waals surface area contributed by atoms with Gasteiger partial charge in [0, 0.05) is 5.69 Å². The number of aryl methyl sites for hydroxylation is 2. The van der Waals surface area contributed by atoms with Gasteiger partial charge in [0.2, 0.25) is 0 Å². The van der Waals surface area contributed by atoms with Crippen LogP contribution in [0.1, 0.15) is 21.5 Å². The van der Waals surface area contributed by atoms with Gasteiger partial charge in [0.1, 0.15) is 0 Å². The number of carbonyl (C=O) groups is 1. The molecular formula is C15H14ClNO2. The molecule has 0 atom stereocenters. The van der Waals surface area contributed by atoms with Crippen molar-refractivity contribution in [2.75, 3.05) is 5.32 Å². The zero-order chi connectivity index (χ0) is 14.0. The standard InChI is InChI=1S/C15H14ClNO2/c1-9-3-5-14(12(16)7-9)17-13-6-4-11(15(18)19)8-10(13)2/h3-8,17H,1-2H3,(H,18,19). The fourth-order valence-electron chi connectivity index (χ4n) is 1.80. The van der Waals surface area contributed by atoms with Gasteiger partial charge in [0.25, 0.3) is 0 Å². The molecule has 0 aliphatic rings. The van der Waals surface area contributed by atoms with Gasteiger partial charge in [-0.3, -0.25) is 0 Å². The summed E-state index contributed by atoms with van der Waals surface area (Å²) < 4.78 is 0. The molecule has 0 unspecified atom stereocenters. The van der Waals surface area contributed by atoms with Gasteiger partial charge in [-0.2, -0.15) is 0 Å². The molecule has 0 aliphatic heterocycles. The Morgan fingerprint density at radius 3 is 2.37 bits per heavy atom. The summed E-state index contributed by atoms with van der Waals surface area (Å²) in [5.74, 6) is -0.928. The number of carboxylic acid groups (broad SMARTS) is 1. The molecule has 2 aromatic rings. The number of anilines is 2. The van der Waals surface area contributed by atoms with Crippen LogP contribution in [0.3, 0.4) is 0 Å². The van der Waals surface area contributed by atoms with E-state index in [0.29, 0.717) is 5.02 Å². The highest BCUT2D eigenvalue weighted by Crippen LogP contribution is 2.28. The Kier molecular flexibility index (Phi) is 3.76. The maximum absolute atomic E-state index is 10.9. The van der Waals surface area contributed by atoms with E-state index in [9.17, 15) is 4.79 Å². The van der Waals surface area contributed by atoms with Crippen molar-refractivity contribution >= 4 is 28.9 Å². The van der Waals surface area contributed by atoms with E-state index >= 15 is 0 Å². The molecule has 0 bridgehead atoms. The van der Waals surface area contributed by atoms with Gasteiger partial charge in [-0.1, -0.05) is 17.7 Å². The SMILES string of the molecule is Cc1ccc(Nc2ccc(C(=O)O)cc2C)c(Cl)c1. The Labute approximate surface area is 116 Å². The minimum absolute atomic E-state index is 0.276. The summed E-state index contributed by atoms with van der Waals surface area (Å²) in [6.45, 7) is 3.83. The number of rotatable bonds is 3. The van der Waals surface area contributed by atoms with Crippen molar-refractivity contribution in [2.45, 2.75) is 13.8 Å². The van der Waals surface area contributed by atoms with Gasteiger partial charge in [0.05, 0.1) is 16.3 Å². The maximum atomic E-state index is 10.9. The number of hydrogen-bond donors (Lipinski definition) is 2. The molecule has 2 aromatic carbocycles. The van der Waals surface area contributed by atoms with Crippen LogP contribution in [0.25, 0.3) is 0 Å². The topological polar surface area (TPSA) is 49.3 Å². The second-order valence-electron chi connectivity index (χ2n) is 4.44. The van der Waals surface area contributed by atoms with Gasteiger partial charge in [0.15, 0.2) is 0 Å². The number of halogens is 1. The Bertz CT molecular complexity index is 638. The summed E-state index contributed by atoms with van der Waals surface area (Å²) in [7, 11) is 0. The lowest BCUT2D eigenvalue weighted by molar-refractivity contribution is 0.0697. The van der Waals surface area contributed by atoms with E-state index in [2.05, 4.69) is 5.32 Å². The molecule has 3 nitrogen and oxygen atoms in total. The first-order chi connectivity index (χ1) is 8.97. The molecule has 2 N–H and O–H groups in total. The second kappa shape index (κ2) is 5.33. The van der Waals surface area contributed by atoms with Gasteiger partial charge < -0.3 is 10.4 Å². The third kappa shape index (κ3) is 3.06. The molecule has 0 radical (unpaired) electrons. The minimum atomic E-state index is -0.928. The summed E-state index contributed by atoms with van der Waals surface area (Å²) >= 11 is 6.16. The van der Waals surface area contributed by atoms with Gasteiger partial charge >= 0.3 is 5.97 Å². The fourth-order valence-corrected chi connectivity index (χ4v) is 2.09. The summed E-state index contributed by atoms with van der Waals surface area (Å²) in [5, 5.41) is 12.8. The number of nitrogens with one attached hydrogen (secondary N) is 1. The van der Waals surface area contributed by atoms with E-state index in [1.807, 2.05) is 32.0 Å². The van der Waals surface area contributed by atoms with E-state index in [1.54, 1.807) is 18.2 Å². The predicted octanol–water partition coefficient (Wildman–Crippen LogP) is 4.40. The van der Waals surface area contributed by atoms with Crippen molar-refractivity contribution in [3.8, 4) is 0 Å². The number of carboxylic acids is 1. The smallest absolute Gasteiger partial charge is 0.335 e. The van der Waals surface area contributed by atoms with Crippen LogP contribution in [0.2, 0.25) is 5.02 Å². The highest BCUT2D eigenvalue weighted by molar-refractivity contribution is 6.33. The first-order valence-corrected chi connectivity index (χ1v) is 6.22. The zero-order valence-electron chi connectivity index (χ0n) is 10.7. The van der Waals surface area contributed by atoms with Crippen molar-refractivity contribution < 1.29 is 9.90 Å². The van der Waals surface area contributed by atoms with Crippen molar-refractivity contribution in [1.82, 2.24) is 0 Å². The molecule has 0 spiro atoms. The van der Waals surface area contributed by atoms with Crippen molar-refractivity contribution in [3.05, 3.63) is 58.1 Å². The largest absolute Gasteiger partial charge is 0.478 e. The molecule has 0 saturated heterocycles. The molecule has 2 rings (SSSR count). The lowest BCUT2D eigenvalue weighted by Crippen LogP contribution is -1.99. The second-order valence-corrected chi connectivity index (χ2v) is 4.85. The van der Waals surface area contributed by atoms with Gasteiger partial charge in [-0.25, -0.2) is 4.79 Å². The predicted molar refractivity (Wildman–Crippen MR) is 77.6 cm³/mol. The molecular weight excluding hydrogens is 262 g/mol. The van der Waals surface area contributed by atoms with E-state index in [1.165, 1.54) is 0 Å². The Hall–Kier alpha value is -2.00. The third-order valence-electron chi connectivity index (χ3n) is 2.87. The summed E-state index contributed by atoms with van der Waals surface area (Å²) in [6, 6.07) is 10.7. The van der Waals surface area contributed by atoms with Crippen molar-refractivity contribution in [3.63, 3.8) is 0 Å². The van der Waals surface area contributed by atoms with Crippen LogP contribution in [0.15, 0.2) is 36.4 Å². The van der Waals surface area contributed by atoms with Crippen LogP contribution in [0.5, 0.6) is 0 Å². The Morgan fingerprint density at radius 2 is 1.79 bits per heavy atom. The normalized spacial score (nSPS) is 10.3. The van der Waals surface area contributed by atoms with Crippen molar-refractivity contribution in [2.24, 2.45) is 0 Å². The minimum Gasteiger partial charge on any atom is -0.478 e. The van der Waals surface area contributed by atoms with Crippen LogP contribution in [0.4, 0.5) is 11.4 Å². The third-order valence-corrected chi connectivity index (χ3v) is 3.18. The molecule has 0 amide bonds. The average Bonchev–Trinajstić information content (AvgIpc) is 2.34. The van der Waals surface area contributed by atoms with Crippen LogP contribution in [0, 0.1) is 13.8 Å². The summed E-state index contributed by atoms with van der Waals surface area (Å²) in [4.78, 5) is 10.9. The highest BCUT2D eigenvalue weighted by Gasteiger charge is 2.07. The van der Waals surface area contributed by atoms with Crippen LogP contribution >= 0.6 is 11.6 Å². The lowest BCUT2D eigenvalue weighted by Gasteiger charge is -2.12. The van der Waals surface area contributed by atoms with E-state index < -0.39 is 5.97 Å². The highest BCUT2D eigenvalue weighted by atomic mass is 35.5. The van der Waals surface area contributed by atoms with E-state index in [-0.39, 0.29) is 5.56 Å². The van der Waals surface area contributed by atoms with Gasteiger partial charge in [-0.05, 0) is 55.3 Å². The number of aromatic carboxylic acids is 1. The molecule has 0 fully saturated rings. The quantitative estimate of drug-likeness (QED) is 0.873. The average molecular weight is 276 g/mol. The Balaban J connectivity index is 2.31.